The van der Waals surface area contributed by atoms with Gasteiger partial charge in [0.15, 0.2) is 0 Å². The highest BCUT2D eigenvalue weighted by Crippen LogP contribution is 2.37. The molecular formula is C14H19N3O2. The Morgan fingerprint density at radius 3 is 2.53 bits per heavy atom. The van der Waals surface area contributed by atoms with Crippen LogP contribution in [0.4, 0.5) is 0 Å². The van der Waals surface area contributed by atoms with E-state index in [0.29, 0.717) is 6.54 Å². The summed E-state index contributed by atoms with van der Waals surface area (Å²) in [5.74, 6) is 1.60. The second-order valence-electron chi connectivity index (χ2n) is 4.32. The van der Waals surface area contributed by atoms with Crippen molar-refractivity contribution in [3.8, 4) is 22.8 Å². The molecule has 0 aliphatic rings. The summed E-state index contributed by atoms with van der Waals surface area (Å²) in [5.41, 5.74) is 9.41. The van der Waals surface area contributed by atoms with E-state index in [2.05, 4.69) is 5.10 Å². The zero-order valence-electron chi connectivity index (χ0n) is 11.7. The van der Waals surface area contributed by atoms with Gasteiger partial charge in [-0.05, 0) is 25.1 Å². The maximum Gasteiger partial charge on any atom is 0.134 e. The molecule has 0 bridgehead atoms. The Kier molecular flexibility index (Phi) is 3.76. The minimum atomic E-state index is 0.422. The Morgan fingerprint density at radius 1 is 1.26 bits per heavy atom. The van der Waals surface area contributed by atoms with Crippen molar-refractivity contribution in [2.45, 2.75) is 13.5 Å². The fraction of sp³-hybridized carbons (Fsp3) is 0.357. The summed E-state index contributed by atoms with van der Waals surface area (Å²) in [6.07, 6.45) is 0. The van der Waals surface area contributed by atoms with Gasteiger partial charge in [0.2, 0.25) is 0 Å². The summed E-state index contributed by atoms with van der Waals surface area (Å²) in [6, 6.07) is 5.88. The van der Waals surface area contributed by atoms with Crippen LogP contribution in [0.3, 0.4) is 0 Å². The van der Waals surface area contributed by atoms with E-state index >= 15 is 0 Å². The highest BCUT2D eigenvalue weighted by Gasteiger charge is 2.16. The smallest absolute Gasteiger partial charge is 0.134 e. The molecule has 0 saturated carbocycles. The van der Waals surface area contributed by atoms with Gasteiger partial charge in [0.1, 0.15) is 11.5 Å². The monoisotopic (exact) mass is 261 g/mol. The molecule has 2 rings (SSSR count). The molecule has 102 valence electrons. The summed E-state index contributed by atoms with van der Waals surface area (Å²) in [5, 5.41) is 4.36. The number of ether oxygens (including phenoxy) is 2. The molecule has 19 heavy (non-hydrogen) atoms. The van der Waals surface area contributed by atoms with Crippen LogP contribution in [0.2, 0.25) is 0 Å². The number of benzene rings is 1. The maximum absolute atomic E-state index is 5.63. The highest BCUT2D eigenvalue weighted by molar-refractivity contribution is 5.72. The summed E-state index contributed by atoms with van der Waals surface area (Å²) in [6.45, 7) is 2.40. The van der Waals surface area contributed by atoms with Gasteiger partial charge < -0.3 is 15.2 Å². The number of methoxy groups -OCH3 is 2. The van der Waals surface area contributed by atoms with Crippen molar-refractivity contribution >= 4 is 0 Å². The first-order valence-electron chi connectivity index (χ1n) is 6.07. The zero-order valence-corrected chi connectivity index (χ0v) is 11.7. The summed E-state index contributed by atoms with van der Waals surface area (Å²) >= 11 is 0. The van der Waals surface area contributed by atoms with Gasteiger partial charge in [0.05, 0.1) is 25.6 Å². The lowest BCUT2D eigenvalue weighted by molar-refractivity contribution is 0.389. The number of aromatic nitrogens is 2. The van der Waals surface area contributed by atoms with Gasteiger partial charge >= 0.3 is 0 Å². The van der Waals surface area contributed by atoms with Crippen LogP contribution < -0.4 is 15.2 Å². The molecule has 1 heterocycles. The van der Waals surface area contributed by atoms with E-state index < -0.39 is 0 Å². The first kappa shape index (κ1) is 13.4. The molecule has 0 unspecified atom stereocenters. The van der Waals surface area contributed by atoms with Gasteiger partial charge in [0.25, 0.3) is 0 Å². The molecule has 2 aromatic rings. The largest absolute Gasteiger partial charge is 0.496 e. The third-order valence-corrected chi connectivity index (χ3v) is 3.20. The third kappa shape index (κ3) is 2.29. The average molecular weight is 261 g/mol. The van der Waals surface area contributed by atoms with E-state index in [0.717, 1.165) is 34.0 Å². The Bertz CT molecular complexity index is 591. The van der Waals surface area contributed by atoms with Crippen LogP contribution in [0, 0.1) is 6.92 Å². The molecule has 0 amide bonds. The van der Waals surface area contributed by atoms with Crippen LogP contribution in [0.25, 0.3) is 11.3 Å². The minimum Gasteiger partial charge on any atom is -0.496 e. The van der Waals surface area contributed by atoms with Crippen molar-refractivity contribution in [3.63, 3.8) is 0 Å². The molecule has 0 spiro atoms. The quantitative estimate of drug-likeness (QED) is 0.912. The molecule has 0 saturated heterocycles. The van der Waals surface area contributed by atoms with Crippen LogP contribution in [0.5, 0.6) is 11.5 Å². The molecular weight excluding hydrogens is 242 g/mol. The van der Waals surface area contributed by atoms with E-state index in [1.807, 2.05) is 36.9 Å². The van der Waals surface area contributed by atoms with Crippen LogP contribution in [0.15, 0.2) is 18.2 Å². The molecule has 2 N–H and O–H groups in total. The fourth-order valence-electron chi connectivity index (χ4n) is 2.24. The predicted molar refractivity (Wildman–Crippen MR) is 74.4 cm³/mol. The second-order valence-corrected chi connectivity index (χ2v) is 4.32. The van der Waals surface area contributed by atoms with E-state index in [9.17, 15) is 0 Å². The topological polar surface area (TPSA) is 62.3 Å². The molecule has 0 aliphatic heterocycles. The molecule has 5 nitrogen and oxygen atoms in total. The van der Waals surface area contributed by atoms with Crippen LogP contribution >= 0.6 is 0 Å². The van der Waals surface area contributed by atoms with Crippen molar-refractivity contribution in [2.24, 2.45) is 12.8 Å². The summed E-state index contributed by atoms with van der Waals surface area (Å²) in [4.78, 5) is 0. The predicted octanol–water partition coefficient (Wildman–Crippen LogP) is 1.87. The van der Waals surface area contributed by atoms with Crippen molar-refractivity contribution in [3.05, 3.63) is 29.5 Å². The van der Waals surface area contributed by atoms with Gasteiger partial charge in [-0.3, -0.25) is 4.68 Å². The fourth-order valence-corrected chi connectivity index (χ4v) is 2.24. The van der Waals surface area contributed by atoms with Crippen LogP contribution in [-0.4, -0.2) is 24.0 Å². The van der Waals surface area contributed by atoms with Gasteiger partial charge in [-0.25, -0.2) is 0 Å². The van der Waals surface area contributed by atoms with E-state index in [-0.39, 0.29) is 0 Å². The minimum absolute atomic E-state index is 0.422. The van der Waals surface area contributed by atoms with E-state index in [1.54, 1.807) is 14.2 Å². The first-order valence-corrected chi connectivity index (χ1v) is 6.07. The lowest BCUT2D eigenvalue weighted by Crippen LogP contribution is -2.00. The zero-order chi connectivity index (χ0) is 14.0. The molecule has 0 fully saturated rings. The number of hydrogen-bond acceptors (Lipinski definition) is 4. The van der Waals surface area contributed by atoms with Crippen molar-refractivity contribution in [1.82, 2.24) is 9.78 Å². The Morgan fingerprint density at radius 2 is 2.00 bits per heavy atom. The molecule has 1 aromatic carbocycles. The molecule has 0 aliphatic carbocycles. The average Bonchev–Trinajstić information content (AvgIpc) is 2.79. The number of hydrogen-bond donors (Lipinski definition) is 1. The summed E-state index contributed by atoms with van der Waals surface area (Å²) in [7, 11) is 5.21. The lowest BCUT2D eigenvalue weighted by atomic mass is 10.1. The summed E-state index contributed by atoms with van der Waals surface area (Å²) < 4.78 is 12.6. The third-order valence-electron chi connectivity index (χ3n) is 3.20. The van der Waals surface area contributed by atoms with Gasteiger partial charge in [-0.2, -0.15) is 5.10 Å². The number of rotatable bonds is 4. The van der Waals surface area contributed by atoms with Crippen molar-refractivity contribution in [2.75, 3.05) is 14.2 Å². The number of nitrogens with zero attached hydrogens (tertiary/aromatic N) is 2. The lowest BCUT2D eigenvalue weighted by Gasteiger charge is -2.14. The highest BCUT2D eigenvalue weighted by atomic mass is 16.5. The number of nitrogens with two attached hydrogens (primary N) is 1. The Labute approximate surface area is 112 Å². The number of aryl methyl sites for hydroxylation is 1. The van der Waals surface area contributed by atoms with Crippen LogP contribution in [0.1, 0.15) is 11.3 Å². The normalized spacial score (nSPS) is 10.6. The Balaban J connectivity index is 2.61. The van der Waals surface area contributed by atoms with Gasteiger partial charge in [0, 0.05) is 24.7 Å². The molecule has 5 heteroatoms. The standard InChI is InChI=1S/C14H19N3O2/c1-9-13(18-3)6-5-11(14(9)19-4)12-7-10(8-15)16-17(12)2/h5-7H,8,15H2,1-4H3. The first-order chi connectivity index (χ1) is 9.12. The molecule has 0 atom stereocenters. The van der Waals surface area contributed by atoms with Crippen molar-refractivity contribution in [1.29, 1.82) is 0 Å². The SMILES string of the molecule is COc1ccc(-c2cc(CN)nn2C)c(OC)c1C. The van der Waals surface area contributed by atoms with E-state index in [4.69, 9.17) is 15.2 Å². The second kappa shape index (κ2) is 5.32. The van der Waals surface area contributed by atoms with Gasteiger partial charge in [-0.15, -0.1) is 0 Å². The van der Waals surface area contributed by atoms with E-state index in [1.165, 1.54) is 0 Å². The Hall–Kier alpha value is -2.01. The maximum atomic E-state index is 5.63. The van der Waals surface area contributed by atoms with Crippen molar-refractivity contribution < 1.29 is 9.47 Å². The molecule has 1 aromatic heterocycles. The van der Waals surface area contributed by atoms with Crippen LogP contribution in [-0.2, 0) is 13.6 Å². The van der Waals surface area contributed by atoms with Gasteiger partial charge in [-0.1, -0.05) is 0 Å². The molecule has 0 radical (unpaired) electrons.